The van der Waals surface area contributed by atoms with Crippen molar-refractivity contribution in [1.82, 2.24) is 14.9 Å². The largest absolute Gasteiger partial charge is 0.334 e. The molecule has 0 fully saturated rings. The van der Waals surface area contributed by atoms with E-state index < -0.39 is 0 Å². The molecule has 0 aliphatic carbocycles. The van der Waals surface area contributed by atoms with Crippen molar-refractivity contribution in [3.63, 3.8) is 0 Å². The second-order valence-electron chi connectivity index (χ2n) is 7.42. The molecule has 2 aromatic heterocycles. The van der Waals surface area contributed by atoms with Gasteiger partial charge in [-0.15, -0.1) is 0 Å². The van der Waals surface area contributed by atoms with Gasteiger partial charge in [0.15, 0.2) is 0 Å². The van der Waals surface area contributed by atoms with Gasteiger partial charge in [0.1, 0.15) is 0 Å². The lowest BCUT2D eigenvalue weighted by molar-refractivity contribution is -0.133. The van der Waals surface area contributed by atoms with Gasteiger partial charge in [-0.25, -0.2) is 0 Å². The van der Waals surface area contributed by atoms with Crippen LogP contribution in [0.2, 0.25) is 0 Å². The molecule has 0 radical (unpaired) electrons. The Morgan fingerprint density at radius 1 is 1.19 bits per heavy atom. The summed E-state index contributed by atoms with van der Waals surface area (Å²) >= 11 is 0. The van der Waals surface area contributed by atoms with Crippen LogP contribution in [0.3, 0.4) is 0 Å². The van der Waals surface area contributed by atoms with Gasteiger partial charge in [-0.3, -0.25) is 14.6 Å². The van der Waals surface area contributed by atoms with Crippen molar-refractivity contribution in [1.29, 1.82) is 0 Å². The van der Waals surface area contributed by atoms with Crippen LogP contribution in [0.15, 0.2) is 53.6 Å². The number of H-pyrrole nitrogens is 1. The van der Waals surface area contributed by atoms with Crippen molar-refractivity contribution in [3.8, 4) is 0 Å². The third-order valence-corrected chi connectivity index (χ3v) is 4.47. The normalized spacial score (nSPS) is 11.1. The fourth-order valence-corrected chi connectivity index (χ4v) is 3.12. The number of rotatable bonds is 6. The SMILES string of the molecule is Cc1ccc2[nH]c(=O)c(CN(Cc3cccnc3)C(=O)CC(C)C)cc2c1. The van der Waals surface area contributed by atoms with Crippen LogP contribution >= 0.6 is 0 Å². The first-order chi connectivity index (χ1) is 12.9. The number of nitrogens with zero attached hydrogens (tertiary/aromatic N) is 2. The summed E-state index contributed by atoms with van der Waals surface area (Å²) in [5.74, 6) is 0.295. The number of benzene rings is 1. The molecule has 0 bridgehead atoms. The maximum atomic E-state index is 12.8. The highest BCUT2D eigenvalue weighted by atomic mass is 16.2. The summed E-state index contributed by atoms with van der Waals surface area (Å²) in [5, 5.41) is 0.974. The molecule has 0 atom stereocenters. The van der Waals surface area contributed by atoms with Crippen LogP contribution < -0.4 is 5.56 Å². The predicted octanol–water partition coefficient (Wildman–Crippen LogP) is 3.81. The zero-order chi connectivity index (χ0) is 19.4. The number of nitrogens with one attached hydrogen (secondary N) is 1. The van der Waals surface area contributed by atoms with Gasteiger partial charge >= 0.3 is 0 Å². The van der Waals surface area contributed by atoms with Crippen molar-refractivity contribution in [2.75, 3.05) is 0 Å². The molecular weight excluding hydrogens is 338 g/mol. The minimum absolute atomic E-state index is 0.0394. The van der Waals surface area contributed by atoms with E-state index in [9.17, 15) is 9.59 Å². The summed E-state index contributed by atoms with van der Waals surface area (Å²) in [7, 11) is 0. The van der Waals surface area contributed by atoms with Gasteiger partial charge in [-0.05, 0) is 48.1 Å². The molecule has 3 aromatic rings. The number of aromatic nitrogens is 2. The first-order valence-corrected chi connectivity index (χ1v) is 9.21. The van der Waals surface area contributed by atoms with E-state index in [4.69, 9.17) is 0 Å². The standard InChI is InChI=1S/C22H25N3O2/c1-15(2)9-21(26)25(13-17-5-4-8-23-12-17)14-19-11-18-10-16(3)6-7-20(18)24-22(19)27/h4-8,10-12,15H,9,13-14H2,1-3H3,(H,24,27). The van der Waals surface area contributed by atoms with E-state index in [1.165, 1.54) is 0 Å². The Morgan fingerprint density at radius 3 is 2.70 bits per heavy atom. The number of fused-ring (bicyclic) bond motifs is 1. The topological polar surface area (TPSA) is 66.1 Å². The Kier molecular flexibility index (Phi) is 5.69. The molecule has 0 aliphatic rings. The van der Waals surface area contributed by atoms with Crippen LogP contribution in [0.1, 0.15) is 37.0 Å². The molecule has 1 amide bonds. The molecule has 0 spiro atoms. The third kappa shape index (κ3) is 4.82. The van der Waals surface area contributed by atoms with Gasteiger partial charge in [0, 0.05) is 36.4 Å². The summed E-state index contributed by atoms with van der Waals surface area (Å²) < 4.78 is 0. The monoisotopic (exact) mass is 363 g/mol. The molecule has 27 heavy (non-hydrogen) atoms. The second-order valence-corrected chi connectivity index (χ2v) is 7.42. The van der Waals surface area contributed by atoms with Crippen molar-refractivity contribution in [2.45, 2.75) is 40.3 Å². The average molecular weight is 363 g/mol. The molecular formula is C22H25N3O2. The number of hydrogen-bond donors (Lipinski definition) is 1. The van der Waals surface area contributed by atoms with Crippen LogP contribution in [-0.2, 0) is 17.9 Å². The Labute approximate surface area is 159 Å². The molecule has 3 rings (SSSR count). The van der Waals surface area contributed by atoms with Crippen LogP contribution in [0, 0.1) is 12.8 Å². The van der Waals surface area contributed by atoms with Gasteiger partial charge in [-0.2, -0.15) is 0 Å². The first-order valence-electron chi connectivity index (χ1n) is 9.21. The summed E-state index contributed by atoms with van der Waals surface area (Å²) in [6.07, 6.45) is 3.91. The number of carbonyl (C=O) groups excluding carboxylic acids is 1. The number of aromatic amines is 1. The zero-order valence-corrected chi connectivity index (χ0v) is 16.0. The smallest absolute Gasteiger partial charge is 0.253 e. The van der Waals surface area contributed by atoms with E-state index in [1.54, 1.807) is 17.3 Å². The molecule has 5 heteroatoms. The van der Waals surface area contributed by atoms with Crippen LogP contribution in [0.25, 0.3) is 10.9 Å². The maximum absolute atomic E-state index is 12.8. The highest BCUT2D eigenvalue weighted by molar-refractivity contribution is 5.80. The average Bonchev–Trinajstić information content (AvgIpc) is 2.62. The van der Waals surface area contributed by atoms with E-state index in [0.29, 0.717) is 18.5 Å². The number of carbonyl (C=O) groups is 1. The lowest BCUT2D eigenvalue weighted by atomic mass is 10.1. The van der Waals surface area contributed by atoms with Crippen molar-refractivity contribution < 1.29 is 4.79 Å². The Bertz CT molecular complexity index is 993. The fourth-order valence-electron chi connectivity index (χ4n) is 3.12. The fraction of sp³-hybridized carbons (Fsp3) is 0.318. The van der Waals surface area contributed by atoms with Gasteiger partial charge in [0.2, 0.25) is 5.91 Å². The van der Waals surface area contributed by atoms with Crippen LogP contribution in [-0.4, -0.2) is 20.8 Å². The Morgan fingerprint density at radius 2 is 2.00 bits per heavy atom. The number of pyridine rings is 2. The van der Waals surface area contributed by atoms with Crippen molar-refractivity contribution in [3.05, 3.63) is 75.8 Å². The molecule has 0 unspecified atom stereocenters. The maximum Gasteiger partial charge on any atom is 0.253 e. The molecule has 0 saturated heterocycles. The third-order valence-electron chi connectivity index (χ3n) is 4.47. The molecule has 0 saturated carbocycles. The zero-order valence-electron chi connectivity index (χ0n) is 16.0. The van der Waals surface area contributed by atoms with E-state index in [0.717, 1.165) is 22.0 Å². The van der Waals surface area contributed by atoms with E-state index in [2.05, 4.69) is 9.97 Å². The molecule has 1 aromatic carbocycles. The lowest BCUT2D eigenvalue weighted by Crippen LogP contribution is -2.33. The Hall–Kier alpha value is -2.95. The molecule has 140 valence electrons. The first kappa shape index (κ1) is 18.8. The highest BCUT2D eigenvalue weighted by Crippen LogP contribution is 2.16. The molecule has 5 nitrogen and oxygen atoms in total. The predicted molar refractivity (Wildman–Crippen MR) is 107 cm³/mol. The minimum atomic E-state index is -0.153. The number of amides is 1. The lowest BCUT2D eigenvalue weighted by Gasteiger charge is -2.23. The number of aryl methyl sites for hydroxylation is 1. The summed E-state index contributed by atoms with van der Waals surface area (Å²) in [4.78, 5) is 34.1. The van der Waals surface area contributed by atoms with E-state index in [-0.39, 0.29) is 23.9 Å². The van der Waals surface area contributed by atoms with E-state index in [1.807, 2.05) is 57.2 Å². The van der Waals surface area contributed by atoms with Gasteiger partial charge in [0.25, 0.3) is 5.56 Å². The van der Waals surface area contributed by atoms with E-state index >= 15 is 0 Å². The van der Waals surface area contributed by atoms with Crippen molar-refractivity contribution >= 4 is 16.8 Å². The van der Waals surface area contributed by atoms with Gasteiger partial charge < -0.3 is 9.88 Å². The minimum Gasteiger partial charge on any atom is -0.334 e. The molecule has 0 aliphatic heterocycles. The summed E-state index contributed by atoms with van der Waals surface area (Å²) in [5.41, 5.74) is 3.32. The highest BCUT2D eigenvalue weighted by Gasteiger charge is 2.18. The quantitative estimate of drug-likeness (QED) is 0.724. The number of hydrogen-bond acceptors (Lipinski definition) is 3. The van der Waals surface area contributed by atoms with Gasteiger partial charge in [0.05, 0.1) is 6.54 Å². The summed E-state index contributed by atoms with van der Waals surface area (Å²) in [6, 6.07) is 11.6. The van der Waals surface area contributed by atoms with Crippen molar-refractivity contribution in [2.24, 2.45) is 5.92 Å². The Balaban J connectivity index is 1.93. The molecule has 1 N–H and O–H groups in total. The summed E-state index contributed by atoms with van der Waals surface area (Å²) in [6.45, 7) is 6.77. The van der Waals surface area contributed by atoms with Crippen LogP contribution in [0.4, 0.5) is 0 Å². The van der Waals surface area contributed by atoms with Crippen LogP contribution in [0.5, 0.6) is 0 Å². The van der Waals surface area contributed by atoms with Gasteiger partial charge in [-0.1, -0.05) is 31.5 Å². The molecule has 2 heterocycles. The second kappa shape index (κ2) is 8.16.